The summed E-state index contributed by atoms with van der Waals surface area (Å²) in [6.45, 7) is 0.717. The van der Waals surface area contributed by atoms with E-state index in [1.807, 2.05) is 6.07 Å². The number of nitrogens with zero attached hydrogens (tertiary/aromatic N) is 2. The molecule has 1 saturated heterocycles. The predicted molar refractivity (Wildman–Crippen MR) is 67.2 cm³/mol. The van der Waals surface area contributed by atoms with Crippen LogP contribution in [-0.2, 0) is 14.3 Å². The van der Waals surface area contributed by atoms with Crippen molar-refractivity contribution in [3.63, 3.8) is 0 Å². The lowest BCUT2D eigenvalue weighted by Crippen LogP contribution is -2.48. The van der Waals surface area contributed by atoms with Gasteiger partial charge >= 0.3 is 5.97 Å². The standard InChI is InChI=1S/C13H14N2O4/c16-12(4-3-10-2-1-5-14-8-10)15-6-7-19-11(9-15)13(17)18/h1-5,8,11H,6-7,9H2,(H,17,18)/b4-3+/t11-/m0/s1. The molecule has 1 aromatic heterocycles. The molecule has 1 N–H and O–H groups in total. The van der Waals surface area contributed by atoms with Gasteiger partial charge in [0.25, 0.3) is 0 Å². The molecule has 100 valence electrons. The van der Waals surface area contributed by atoms with Crippen LogP contribution in [0.25, 0.3) is 6.08 Å². The summed E-state index contributed by atoms with van der Waals surface area (Å²) in [5, 5.41) is 8.86. The van der Waals surface area contributed by atoms with E-state index in [0.29, 0.717) is 6.54 Å². The second-order valence-corrected chi connectivity index (χ2v) is 4.10. The van der Waals surface area contributed by atoms with E-state index in [0.717, 1.165) is 5.56 Å². The van der Waals surface area contributed by atoms with E-state index in [2.05, 4.69) is 4.98 Å². The maximum absolute atomic E-state index is 11.9. The number of carboxylic acids is 1. The molecule has 1 amide bonds. The fourth-order valence-electron chi connectivity index (χ4n) is 1.75. The number of aromatic nitrogens is 1. The second kappa shape index (κ2) is 6.10. The summed E-state index contributed by atoms with van der Waals surface area (Å²) in [6, 6.07) is 3.61. The Balaban J connectivity index is 1.96. The van der Waals surface area contributed by atoms with Crippen LogP contribution < -0.4 is 0 Å². The Bertz CT molecular complexity index is 487. The molecule has 0 radical (unpaired) electrons. The lowest BCUT2D eigenvalue weighted by Gasteiger charge is -2.30. The highest BCUT2D eigenvalue weighted by Crippen LogP contribution is 2.07. The number of rotatable bonds is 3. The monoisotopic (exact) mass is 262 g/mol. The van der Waals surface area contributed by atoms with Crippen molar-refractivity contribution in [2.24, 2.45) is 0 Å². The van der Waals surface area contributed by atoms with Crippen molar-refractivity contribution in [1.82, 2.24) is 9.88 Å². The first kappa shape index (κ1) is 13.2. The SMILES string of the molecule is O=C(O)[C@@H]1CN(C(=O)/C=C/c2cccnc2)CCO1. The number of carbonyl (C=O) groups is 2. The molecule has 1 fully saturated rings. The molecule has 1 atom stereocenters. The molecule has 0 spiro atoms. The summed E-state index contributed by atoms with van der Waals surface area (Å²) in [5.74, 6) is -1.27. The van der Waals surface area contributed by atoms with Gasteiger partial charge in [0.1, 0.15) is 0 Å². The number of aliphatic carboxylic acids is 1. The minimum atomic E-state index is -1.05. The van der Waals surface area contributed by atoms with Crippen LogP contribution in [0.2, 0.25) is 0 Å². The molecule has 0 unspecified atom stereocenters. The van der Waals surface area contributed by atoms with E-state index in [1.54, 1.807) is 24.5 Å². The van der Waals surface area contributed by atoms with Gasteiger partial charge in [0, 0.05) is 25.0 Å². The van der Waals surface area contributed by atoms with Crippen molar-refractivity contribution >= 4 is 18.0 Å². The number of carboxylic acid groups (broad SMARTS) is 1. The average molecular weight is 262 g/mol. The molecule has 0 aromatic carbocycles. The Morgan fingerprint density at radius 2 is 2.37 bits per heavy atom. The van der Waals surface area contributed by atoms with Gasteiger partial charge in [0.15, 0.2) is 6.10 Å². The number of carbonyl (C=O) groups excluding carboxylic acids is 1. The molecular formula is C13H14N2O4. The first-order valence-electron chi connectivity index (χ1n) is 5.88. The highest BCUT2D eigenvalue weighted by molar-refractivity contribution is 5.92. The fourth-order valence-corrected chi connectivity index (χ4v) is 1.75. The molecule has 19 heavy (non-hydrogen) atoms. The first-order valence-corrected chi connectivity index (χ1v) is 5.88. The number of ether oxygens (including phenoxy) is 1. The zero-order valence-corrected chi connectivity index (χ0v) is 10.2. The van der Waals surface area contributed by atoms with Crippen LogP contribution in [0.3, 0.4) is 0 Å². The molecule has 2 rings (SSSR count). The van der Waals surface area contributed by atoms with Crippen molar-refractivity contribution < 1.29 is 19.4 Å². The van der Waals surface area contributed by atoms with Crippen LogP contribution in [-0.4, -0.2) is 52.7 Å². The summed E-state index contributed by atoms with van der Waals surface area (Å²) in [7, 11) is 0. The number of amides is 1. The molecule has 6 heteroatoms. The summed E-state index contributed by atoms with van der Waals surface area (Å²) < 4.78 is 5.06. The van der Waals surface area contributed by atoms with E-state index < -0.39 is 12.1 Å². The average Bonchev–Trinajstić information content (AvgIpc) is 2.46. The quantitative estimate of drug-likeness (QED) is 0.798. The van der Waals surface area contributed by atoms with Gasteiger partial charge in [0.05, 0.1) is 13.2 Å². The van der Waals surface area contributed by atoms with Gasteiger partial charge in [-0.05, 0) is 17.7 Å². The van der Waals surface area contributed by atoms with Gasteiger partial charge in [-0.3, -0.25) is 9.78 Å². The second-order valence-electron chi connectivity index (χ2n) is 4.10. The van der Waals surface area contributed by atoms with E-state index in [1.165, 1.54) is 11.0 Å². The molecule has 2 heterocycles. The molecule has 1 aliphatic rings. The highest BCUT2D eigenvalue weighted by Gasteiger charge is 2.27. The van der Waals surface area contributed by atoms with Gasteiger partial charge in [0.2, 0.25) is 5.91 Å². The normalized spacial score (nSPS) is 19.6. The van der Waals surface area contributed by atoms with Crippen molar-refractivity contribution in [1.29, 1.82) is 0 Å². The van der Waals surface area contributed by atoms with Gasteiger partial charge in [-0.15, -0.1) is 0 Å². The maximum Gasteiger partial charge on any atom is 0.334 e. The lowest BCUT2D eigenvalue weighted by molar-refractivity contribution is -0.158. The van der Waals surface area contributed by atoms with Gasteiger partial charge in [-0.1, -0.05) is 6.07 Å². The topological polar surface area (TPSA) is 79.7 Å². The smallest absolute Gasteiger partial charge is 0.334 e. The van der Waals surface area contributed by atoms with Crippen molar-refractivity contribution in [2.45, 2.75) is 6.10 Å². The zero-order valence-electron chi connectivity index (χ0n) is 10.2. The summed E-state index contributed by atoms with van der Waals surface area (Å²) in [5.41, 5.74) is 0.818. The predicted octanol–water partition coefficient (Wildman–Crippen LogP) is 0.407. The number of hydrogen-bond acceptors (Lipinski definition) is 4. The number of hydrogen-bond donors (Lipinski definition) is 1. The first-order chi connectivity index (χ1) is 9.16. The van der Waals surface area contributed by atoms with E-state index in [-0.39, 0.29) is 19.1 Å². The van der Waals surface area contributed by atoms with Crippen LogP contribution in [0.1, 0.15) is 5.56 Å². The van der Waals surface area contributed by atoms with Gasteiger partial charge in [-0.25, -0.2) is 4.79 Å². The summed E-state index contributed by atoms with van der Waals surface area (Å²) >= 11 is 0. The molecule has 0 aliphatic carbocycles. The minimum Gasteiger partial charge on any atom is -0.479 e. The molecule has 6 nitrogen and oxygen atoms in total. The number of morpholine rings is 1. The molecule has 1 aromatic rings. The van der Waals surface area contributed by atoms with Crippen LogP contribution >= 0.6 is 0 Å². The zero-order chi connectivity index (χ0) is 13.7. The van der Waals surface area contributed by atoms with Crippen LogP contribution in [0, 0.1) is 0 Å². The van der Waals surface area contributed by atoms with Crippen LogP contribution in [0.4, 0.5) is 0 Å². The van der Waals surface area contributed by atoms with Crippen molar-refractivity contribution in [3.8, 4) is 0 Å². The Morgan fingerprint density at radius 3 is 3.05 bits per heavy atom. The molecule has 1 aliphatic heterocycles. The maximum atomic E-state index is 11.9. The van der Waals surface area contributed by atoms with Gasteiger partial charge < -0.3 is 14.7 Å². The van der Waals surface area contributed by atoms with Crippen LogP contribution in [0.5, 0.6) is 0 Å². The Morgan fingerprint density at radius 1 is 1.53 bits per heavy atom. The van der Waals surface area contributed by atoms with E-state index in [9.17, 15) is 9.59 Å². The van der Waals surface area contributed by atoms with Crippen LogP contribution in [0.15, 0.2) is 30.6 Å². The fraction of sp³-hybridized carbons (Fsp3) is 0.308. The third kappa shape index (κ3) is 3.62. The van der Waals surface area contributed by atoms with E-state index >= 15 is 0 Å². The minimum absolute atomic E-state index is 0.0749. The Hall–Kier alpha value is -2.21. The molecule has 0 saturated carbocycles. The largest absolute Gasteiger partial charge is 0.479 e. The molecular weight excluding hydrogens is 248 g/mol. The molecule has 0 bridgehead atoms. The third-order valence-corrected chi connectivity index (χ3v) is 2.76. The van der Waals surface area contributed by atoms with Gasteiger partial charge in [-0.2, -0.15) is 0 Å². The lowest BCUT2D eigenvalue weighted by atomic mass is 10.2. The van der Waals surface area contributed by atoms with Crippen molar-refractivity contribution in [2.75, 3.05) is 19.7 Å². The third-order valence-electron chi connectivity index (χ3n) is 2.76. The Kier molecular flexibility index (Phi) is 4.25. The number of pyridine rings is 1. The Labute approximate surface area is 110 Å². The van der Waals surface area contributed by atoms with E-state index in [4.69, 9.17) is 9.84 Å². The van der Waals surface area contributed by atoms with Crippen molar-refractivity contribution in [3.05, 3.63) is 36.2 Å². The summed E-state index contributed by atoms with van der Waals surface area (Å²) in [4.78, 5) is 28.1. The summed E-state index contributed by atoms with van der Waals surface area (Å²) in [6.07, 6.45) is 5.42. The highest BCUT2D eigenvalue weighted by atomic mass is 16.5.